The third-order valence-electron chi connectivity index (χ3n) is 3.23. The molecule has 0 fully saturated rings. The van der Waals surface area contributed by atoms with Crippen molar-refractivity contribution in [1.29, 1.82) is 0 Å². The number of hydrogen-bond acceptors (Lipinski definition) is 4. The lowest BCUT2D eigenvalue weighted by Crippen LogP contribution is -2.02. The second-order valence-corrected chi connectivity index (χ2v) is 5.40. The van der Waals surface area contributed by atoms with Gasteiger partial charge in [0.1, 0.15) is 0 Å². The summed E-state index contributed by atoms with van der Waals surface area (Å²) in [5.41, 5.74) is 9.98. The van der Waals surface area contributed by atoms with Crippen LogP contribution in [0.25, 0.3) is 15.3 Å². The molecular formula is C14H16N4S. The van der Waals surface area contributed by atoms with Crippen molar-refractivity contribution in [2.45, 2.75) is 26.7 Å². The number of thiazole rings is 1. The highest BCUT2D eigenvalue weighted by Crippen LogP contribution is 2.28. The maximum Gasteiger partial charge on any atom is 0.211 e. The highest BCUT2D eigenvalue weighted by atomic mass is 32.1. The summed E-state index contributed by atoms with van der Waals surface area (Å²) < 4.78 is 3.07. The Bertz CT molecular complexity index is 693. The zero-order valence-corrected chi connectivity index (χ0v) is 11.9. The maximum absolute atomic E-state index is 6.15. The summed E-state index contributed by atoms with van der Waals surface area (Å²) in [4.78, 5) is 4.64. The van der Waals surface area contributed by atoms with Gasteiger partial charge in [-0.2, -0.15) is 5.10 Å². The topological polar surface area (TPSA) is 56.7 Å². The monoisotopic (exact) mass is 272 g/mol. The van der Waals surface area contributed by atoms with Crippen molar-refractivity contribution in [1.82, 2.24) is 14.8 Å². The van der Waals surface area contributed by atoms with Crippen LogP contribution in [0.3, 0.4) is 0 Å². The molecule has 0 bridgehead atoms. The summed E-state index contributed by atoms with van der Waals surface area (Å²) in [5.74, 6) is 0. The van der Waals surface area contributed by atoms with Crippen LogP contribution in [0, 0.1) is 0 Å². The number of aromatic nitrogens is 3. The fraction of sp³-hybridized carbons (Fsp3) is 0.286. The van der Waals surface area contributed by atoms with E-state index in [1.165, 1.54) is 4.70 Å². The number of aryl methyl sites for hydroxylation is 1. The molecular weight excluding hydrogens is 256 g/mol. The van der Waals surface area contributed by atoms with E-state index in [1.54, 1.807) is 11.3 Å². The molecule has 5 heteroatoms. The average molecular weight is 272 g/mol. The van der Waals surface area contributed by atoms with Crippen molar-refractivity contribution in [2.24, 2.45) is 0 Å². The van der Waals surface area contributed by atoms with E-state index in [4.69, 9.17) is 5.73 Å². The highest BCUT2D eigenvalue weighted by Gasteiger charge is 2.16. The van der Waals surface area contributed by atoms with E-state index >= 15 is 0 Å². The zero-order chi connectivity index (χ0) is 13.4. The molecule has 98 valence electrons. The molecule has 19 heavy (non-hydrogen) atoms. The third-order valence-corrected chi connectivity index (χ3v) is 4.24. The van der Waals surface area contributed by atoms with Gasteiger partial charge in [-0.15, -0.1) is 0 Å². The van der Waals surface area contributed by atoms with Gasteiger partial charge in [-0.1, -0.05) is 37.3 Å². The second kappa shape index (κ2) is 4.66. The average Bonchev–Trinajstić information content (AvgIpc) is 2.98. The first kappa shape index (κ1) is 12.2. The van der Waals surface area contributed by atoms with E-state index in [0.29, 0.717) is 0 Å². The van der Waals surface area contributed by atoms with Crippen molar-refractivity contribution in [2.75, 3.05) is 5.73 Å². The normalized spacial score (nSPS) is 11.3. The van der Waals surface area contributed by atoms with Crippen LogP contribution in [-0.4, -0.2) is 14.8 Å². The van der Waals surface area contributed by atoms with Crippen LogP contribution < -0.4 is 5.73 Å². The summed E-state index contributed by atoms with van der Waals surface area (Å²) in [6, 6.07) is 8.13. The Morgan fingerprint density at radius 2 is 2.00 bits per heavy atom. The lowest BCUT2D eigenvalue weighted by molar-refractivity contribution is 0.790. The van der Waals surface area contributed by atoms with Crippen LogP contribution in [0.5, 0.6) is 0 Å². The molecule has 3 rings (SSSR count). The Kier molecular flexibility index (Phi) is 2.98. The van der Waals surface area contributed by atoms with Crippen LogP contribution in [-0.2, 0) is 12.8 Å². The van der Waals surface area contributed by atoms with Crippen LogP contribution >= 0.6 is 11.3 Å². The van der Waals surface area contributed by atoms with E-state index < -0.39 is 0 Å². The smallest absolute Gasteiger partial charge is 0.211 e. The second-order valence-electron chi connectivity index (χ2n) is 4.39. The van der Waals surface area contributed by atoms with Gasteiger partial charge < -0.3 is 5.73 Å². The van der Waals surface area contributed by atoms with Crippen molar-refractivity contribution in [3.8, 4) is 5.13 Å². The van der Waals surface area contributed by atoms with E-state index in [2.05, 4.69) is 30.0 Å². The molecule has 1 aromatic carbocycles. The molecule has 0 radical (unpaired) electrons. The van der Waals surface area contributed by atoms with Gasteiger partial charge >= 0.3 is 0 Å². The van der Waals surface area contributed by atoms with Crippen LogP contribution in [0.1, 0.15) is 25.2 Å². The number of nitrogen functional groups attached to an aromatic ring is 1. The van der Waals surface area contributed by atoms with Crippen molar-refractivity contribution in [3.05, 3.63) is 35.7 Å². The van der Waals surface area contributed by atoms with Gasteiger partial charge in [-0.3, -0.25) is 0 Å². The van der Waals surface area contributed by atoms with E-state index in [1.807, 2.05) is 22.9 Å². The minimum absolute atomic E-state index is 0.809. The number of nitrogens with zero attached hydrogens (tertiary/aromatic N) is 3. The first-order chi connectivity index (χ1) is 9.24. The number of hydrogen-bond donors (Lipinski definition) is 1. The van der Waals surface area contributed by atoms with Crippen LogP contribution in [0.2, 0.25) is 0 Å². The minimum Gasteiger partial charge on any atom is -0.396 e. The molecule has 0 amide bonds. The lowest BCUT2D eigenvalue weighted by Gasteiger charge is -2.01. The van der Waals surface area contributed by atoms with Crippen LogP contribution in [0.4, 0.5) is 5.69 Å². The van der Waals surface area contributed by atoms with Gasteiger partial charge in [0.05, 0.1) is 27.3 Å². The summed E-state index contributed by atoms with van der Waals surface area (Å²) in [7, 11) is 0. The number of anilines is 1. The molecule has 2 heterocycles. The Hall–Kier alpha value is -1.88. The molecule has 0 unspecified atom stereocenters. The van der Waals surface area contributed by atoms with Crippen molar-refractivity contribution >= 4 is 27.2 Å². The molecule has 2 N–H and O–H groups in total. The van der Waals surface area contributed by atoms with Gasteiger partial charge in [0.25, 0.3) is 0 Å². The van der Waals surface area contributed by atoms with Gasteiger partial charge in [0.2, 0.25) is 5.13 Å². The molecule has 0 saturated heterocycles. The molecule has 0 saturated carbocycles. The summed E-state index contributed by atoms with van der Waals surface area (Å²) in [5, 5.41) is 5.50. The predicted molar refractivity (Wildman–Crippen MR) is 79.9 cm³/mol. The fourth-order valence-electron chi connectivity index (χ4n) is 2.23. The summed E-state index contributed by atoms with van der Waals surface area (Å²) in [6.45, 7) is 4.16. The van der Waals surface area contributed by atoms with Gasteiger partial charge in [0, 0.05) is 0 Å². The highest BCUT2D eigenvalue weighted by molar-refractivity contribution is 7.20. The number of para-hydroxylation sites is 1. The third kappa shape index (κ3) is 1.90. The molecule has 0 aliphatic carbocycles. The van der Waals surface area contributed by atoms with E-state index in [9.17, 15) is 0 Å². The number of rotatable bonds is 3. The summed E-state index contributed by atoms with van der Waals surface area (Å²) in [6.07, 6.45) is 1.70. The molecule has 4 nitrogen and oxygen atoms in total. The van der Waals surface area contributed by atoms with Gasteiger partial charge in [-0.25, -0.2) is 9.67 Å². The van der Waals surface area contributed by atoms with Gasteiger partial charge in [0.15, 0.2) is 0 Å². The zero-order valence-electron chi connectivity index (χ0n) is 11.1. The Labute approximate surface area is 115 Å². The minimum atomic E-state index is 0.809. The van der Waals surface area contributed by atoms with Crippen molar-refractivity contribution < 1.29 is 0 Å². The Balaban J connectivity index is 2.20. The van der Waals surface area contributed by atoms with Crippen LogP contribution in [0.15, 0.2) is 24.3 Å². The van der Waals surface area contributed by atoms with Gasteiger partial charge in [-0.05, 0) is 25.0 Å². The molecule has 0 spiro atoms. The SMILES string of the molecule is CCc1nn(-c2nc3ccccc3s2)c(CC)c1N. The summed E-state index contributed by atoms with van der Waals surface area (Å²) >= 11 is 1.65. The van der Waals surface area contributed by atoms with E-state index in [0.717, 1.165) is 40.6 Å². The van der Waals surface area contributed by atoms with E-state index in [-0.39, 0.29) is 0 Å². The molecule has 3 aromatic rings. The lowest BCUT2D eigenvalue weighted by atomic mass is 10.2. The Morgan fingerprint density at radius 3 is 2.68 bits per heavy atom. The van der Waals surface area contributed by atoms with Crippen molar-refractivity contribution in [3.63, 3.8) is 0 Å². The molecule has 2 aromatic heterocycles. The first-order valence-corrected chi connectivity index (χ1v) is 7.28. The number of fused-ring (bicyclic) bond motifs is 1. The first-order valence-electron chi connectivity index (χ1n) is 6.46. The molecule has 0 aliphatic heterocycles. The quantitative estimate of drug-likeness (QED) is 0.796. The standard InChI is InChI=1S/C14H16N4S/c1-3-9-13(15)11(4-2)18(17-9)14-16-10-7-5-6-8-12(10)19-14/h5-8H,3-4,15H2,1-2H3. The predicted octanol–water partition coefficient (Wildman–Crippen LogP) is 3.19. The molecule has 0 aliphatic rings. The maximum atomic E-state index is 6.15. The molecule has 0 atom stereocenters. The largest absolute Gasteiger partial charge is 0.396 e. The Morgan fingerprint density at radius 1 is 1.21 bits per heavy atom. The number of nitrogens with two attached hydrogens (primary N) is 1. The fourth-order valence-corrected chi connectivity index (χ4v) is 3.17. The number of benzene rings is 1.